The summed E-state index contributed by atoms with van der Waals surface area (Å²) in [5.74, 6) is 0.782. The van der Waals surface area contributed by atoms with Crippen LogP contribution >= 0.6 is 0 Å². The zero-order valence-electron chi connectivity index (χ0n) is 12.5. The van der Waals surface area contributed by atoms with Crippen LogP contribution in [0.4, 0.5) is 0 Å². The number of aliphatic hydroxyl groups is 1. The molecule has 2 aliphatic carbocycles. The van der Waals surface area contributed by atoms with Gasteiger partial charge in [-0.3, -0.25) is 0 Å². The lowest BCUT2D eigenvalue weighted by Crippen LogP contribution is -2.39. The van der Waals surface area contributed by atoms with Crippen molar-refractivity contribution in [3.63, 3.8) is 0 Å². The van der Waals surface area contributed by atoms with Crippen LogP contribution in [0.5, 0.6) is 0 Å². The van der Waals surface area contributed by atoms with Crippen molar-refractivity contribution in [2.75, 3.05) is 0 Å². The third-order valence-corrected chi connectivity index (χ3v) is 5.18. The molecule has 0 aromatic carbocycles. The summed E-state index contributed by atoms with van der Waals surface area (Å²) in [6.45, 7) is 7.02. The van der Waals surface area contributed by atoms with Gasteiger partial charge in [0, 0.05) is 0 Å². The van der Waals surface area contributed by atoms with Crippen molar-refractivity contribution in [3.8, 4) is 0 Å². The predicted octanol–water partition coefficient (Wildman–Crippen LogP) is 4.84. The van der Waals surface area contributed by atoms with Crippen LogP contribution in [-0.4, -0.2) is 10.7 Å². The minimum absolute atomic E-state index is 0.402. The number of allylic oxidation sites excluding steroid dienone is 1. The summed E-state index contributed by atoms with van der Waals surface area (Å²) in [5, 5.41) is 10.9. The quantitative estimate of drug-likeness (QED) is 0.660. The SMILES string of the molecule is CC(C)(C)C1CCC(O)(C2=CCCCCC2)CC1. The van der Waals surface area contributed by atoms with Crippen molar-refractivity contribution in [2.24, 2.45) is 11.3 Å². The fourth-order valence-electron chi connectivity index (χ4n) is 3.72. The van der Waals surface area contributed by atoms with Crippen LogP contribution < -0.4 is 0 Å². The number of rotatable bonds is 1. The standard InChI is InChI=1S/C17H30O/c1-16(2,3)14-10-12-17(18,13-11-14)15-8-6-4-5-7-9-15/h8,14,18H,4-7,9-13H2,1-3H3. The Morgan fingerprint density at radius 2 is 1.78 bits per heavy atom. The topological polar surface area (TPSA) is 20.2 Å². The molecule has 0 heterocycles. The number of hydrogen-bond acceptors (Lipinski definition) is 1. The first-order chi connectivity index (χ1) is 8.42. The van der Waals surface area contributed by atoms with E-state index in [1.54, 1.807) is 0 Å². The molecule has 18 heavy (non-hydrogen) atoms. The van der Waals surface area contributed by atoms with E-state index in [4.69, 9.17) is 0 Å². The van der Waals surface area contributed by atoms with E-state index in [9.17, 15) is 5.11 Å². The molecule has 0 atom stereocenters. The Morgan fingerprint density at radius 1 is 1.11 bits per heavy atom. The molecule has 1 N–H and O–H groups in total. The summed E-state index contributed by atoms with van der Waals surface area (Å²) in [6, 6.07) is 0. The van der Waals surface area contributed by atoms with Crippen LogP contribution in [0.1, 0.15) is 78.6 Å². The Bertz CT molecular complexity index is 300. The lowest BCUT2D eigenvalue weighted by molar-refractivity contribution is 0.00182. The predicted molar refractivity (Wildman–Crippen MR) is 77.5 cm³/mol. The molecule has 0 unspecified atom stereocenters. The van der Waals surface area contributed by atoms with Gasteiger partial charge < -0.3 is 5.11 Å². The maximum absolute atomic E-state index is 10.9. The second-order valence-corrected chi connectivity index (χ2v) is 7.50. The van der Waals surface area contributed by atoms with Gasteiger partial charge in [-0.1, -0.05) is 33.3 Å². The molecule has 1 heteroatoms. The van der Waals surface area contributed by atoms with Gasteiger partial charge in [-0.05, 0) is 68.3 Å². The van der Waals surface area contributed by atoms with Gasteiger partial charge in [0.05, 0.1) is 5.60 Å². The Hall–Kier alpha value is -0.300. The van der Waals surface area contributed by atoms with E-state index in [0.29, 0.717) is 5.41 Å². The first kappa shape index (κ1) is 14.1. The molecule has 0 radical (unpaired) electrons. The summed E-state index contributed by atoms with van der Waals surface area (Å²) in [6.07, 6.45) is 12.9. The molecule has 1 nitrogen and oxygen atoms in total. The fraction of sp³-hybridized carbons (Fsp3) is 0.882. The van der Waals surface area contributed by atoms with Crippen LogP contribution in [0, 0.1) is 11.3 Å². The Kier molecular flexibility index (Phi) is 4.21. The Morgan fingerprint density at radius 3 is 2.39 bits per heavy atom. The normalized spacial score (nSPS) is 34.9. The minimum Gasteiger partial charge on any atom is -0.386 e. The molecule has 0 bridgehead atoms. The van der Waals surface area contributed by atoms with E-state index in [1.165, 1.54) is 44.1 Å². The van der Waals surface area contributed by atoms with Gasteiger partial charge in [0.2, 0.25) is 0 Å². The van der Waals surface area contributed by atoms with Crippen LogP contribution in [0.3, 0.4) is 0 Å². The highest BCUT2D eigenvalue weighted by Gasteiger charge is 2.39. The van der Waals surface area contributed by atoms with E-state index in [2.05, 4.69) is 26.8 Å². The Labute approximate surface area is 113 Å². The van der Waals surface area contributed by atoms with E-state index in [0.717, 1.165) is 25.2 Å². The van der Waals surface area contributed by atoms with Gasteiger partial charge in [0.15, 0.2) is 0 Å². The van der Waals surface area contributed by atoms with Crippen molar-refractivity contribution < 1.29 is 5.11 Å². The molecule has 0 saturated heterocycles. The summed E-state index contributed by atoms with van der Waals surface area (Å²) in [5.41, 5.74) is 1.32. The largest absolute Gasteiger partial charge is 0.386 e. The van der Waals surface area contributed by atoms with E-state index < -0.39 is 5.60 Å². The maximum atomic E-state index is 10.9. The first-order valence-corrected chi connectivity index (χ1v) is 7.84. The monoisotopic (exact) mass is 250 g/mol. The van der Waals surface area contributed by atoms with Gasteiger partial charge in [0.25, 0.3) is 0 Å². The molecular formula is C17H30O. The lowest BCUT2D eigenvalue weighted by atomic mass is 9.66. The van der Waals surface area contributed by atoms with Crippen LogP contribution in [0.25, 0.3) is 0 Å². The molecule has 0 aromatic heterocycles. The molecule has 0 aromatic rings. The molecule has 0 spiro atoms. The third kappa shape index (κ3) is 3.17. The van der Waals surface area contributed by atoms with E-state index >= 15 is 0 Å². The minimum atomic E-state index is -0.452. The van der Waals surface area contributed by atoms with Gasteiger partial charge >= 0.3 is 0 Å². The van der Waals surface area contributed by atoms with E-state index in [1.807, 2.05) is 0 Å². The van der Waals surface area contributed by atoms with Crippen molar-refractivity contribution in [1.29, 1.82) is 0 Å². The molecule has 104 valence electrons. The third-order valence-electron chi connectivity index (χ3n) is 5.18. The molecule has 0 aliphatic heterocycles. The van der Waals surface area contributed by atoms with Crippen LogP contribution in [0.2, 0.25) is 0 Å². The number of hydrogen-bond donors (Lipinski definition) is 1. The molecule has 2 rings (SSSR count). The first-order valence-electron chi connectivity index (χ1n) is 7.84. The lowest BCUT2D eigenvalue weighted by Gasteiger charge is -2.42. The molecular weight excluding hydrogens is 220 g/mol. The van der Waals surface area contributed by atoms with Gasteiger partial charge in [-0.15, -0.1) is 0 Å². The highest BCUT2D eigenvalue weighted by Crippen LogP contribution is 2.45. The van der Waals surface area contributed by atoms with Crippen LogP contribution in [0.15, 0.2) is 11.6 Å². The average molecular weight is 250 g/mol. The Balaban J connectivity index is 2.00. The maximum Gasteiger partial charge on any atom is 0.0857 e. The second kappa shape index (κ2) is 5.36. The molecule has 1 fully saturated rings. The summed E-state index contributed by atoms with van der Waals surface area (Å²) < 4.78 is 0. The average Bonchev–Trinajstić information content (AvgIpc) is 2.57. The van der Waals surface area contributed by atoms with Gasteiger partial charge in [0.1, 0.15) is 0 Å². The van der Waals surface area contributed by atoms with Crippen molar-refractivity contribution >= 4 is 0 Å². The van der Waals surface area contributed by atoms with Crippen molar-refractivity contribution in [3.05, 3.63) is 11.6 Å². The highest BCUT2D eigenvalue weighted by molar-refractivity contribution is 5.19. The zero-order chi connectivity index (χ0) is 13.2. The van der Waals surface area contributed by atoms with Crippen LogP contribution in [-0.2, 0) is 0 Å². The zero-order valence-corrected chi connectivity index (χ0v) is 12.5. The molecule has 1 saturated carbocycles. The fourth-order valence-corrected chi connectivity index (χ4v) is 3.72. The molecule has 2 aliphatic rings. The summed E-state index contributed by atoms with van der Waals surface area (Å²) in [7, 11) is 0. The molecule has 0 amide bonds. The van der Waals surface area contributed by atoms with Gasteiger partial charge in [-0.2, -0.15) is 0 Å². The highest BCUT2D eigenvalue weighted by atomic mass is 16.3. The smallest absolute Gasteiger partial charge is 0.0857 e. The van der Waals surface area contributed by atoms with Gasteiger partial charge in [-0.25, -0.2) is 0 Å². The second-order valence-electron chi connectivity index (χ2n) is 7.50. The van der Waals surface area contributed by atoms with Crippen molar-refractivity contribution in [1.82, 2.24) is 0 Å². The van der Waals surface area contributed by atoms with Crippen molar-refractivity contribution in [2.45, 2.75) is 84.2 Å². The summed E-state index contributed by atoms with van der Waals surface area (Å²) in [4.78, 5) is 0. The summed E-state index contributed by atoms with van der Waals surface area (Å²) >= 11 is 0. The van der Waals surface area contributed by atoms with E-state index in [-0.39, 0.29) is 0 Å².